The van der Waals surface area contributed by atoms with Gasteiger partial charge < -0.3 is 24.8 Å². The molecule has 2 atom stereocenters. The maximum Gasteiger partial charge on any atom is 0.329 e. The Bertz CT molecular complexity index is 336. The number of carboxylic acid groups (broad SMARTS) is 1. The molecule has 7 heteroatoms. The summed E-state index contributed by atoms with van der Waals surface area (Å²) in [6.07, 6.45) is 0.927. The third-order valence-corrected chi connectivity index (χ3v) is 3.51. The van der Waals surface area contributed by atoms with Crippen LogP contribution in [0.1, 0.15) is 19.8 Å². The minimum Gasteiger partial charge on any atom is -0.480 e. The second-order valence-electron chi connectivity index (χ2n) is 4.83. The van der Waals surface area contributed by atoms with Crippen LogP contribution in [0, 0.1) is 0 Å². The SMILES string of the molecule is COCC(CNC(=O)N1CCCC1(C)C(=O)O)OC. The lowest BCUT2D eigenvalue weighted by atomic mass is 10.00. The summed E-state index contributed by atoms with van der Waals surface area (Å²) in [7, 11) is 3.09. The summed E-state index contributed by atoms with van der Waals surface area (Å²) >= 11 is 0. The molecule has 1 heterocycles. The highest BCUT2D eigenvalue weighted by atomic mass is 16.5. The van der Waals surface area contributed by atoms with Crippen molar-refractivity contribution in [3.05, 3.63) is 0 Å². The van der Waals surface area contributed by atoms with E-state index in [1.54, 1.807) is 14.0 Å². The summed E-state index contributed by atoms with van der Waals surface area (Å²) in [6.45, 7) is 2.68. The first kappa shape index (κ1) is 15.7. The maximum absolute atomic E-state index is 12.0. The summed E-state index contributed by atoms with van der Waals surface area (Å²) < 4.78 is 10.1. The summed E-state index contributed by atoms with van der Waals surface area (Å²) in [5, 5.41) is 11.9. The normalized spacial score (nSPS) is 24.3. The van der Waals surface area contributed by atoms with Gasteiger partial charge in [-0.1, -0.05) is 0 Å². The molecule has 0 bridgehead atoms. The number of aliphatic carboxylic acids is 1. The Morgan fingerprint density at radius 2 is 2.16 bits per heavy atom. The summed E-state index contributed by atoms with van der Waals surface area (Å²) in [4.78, 5) is 24.7. The highest BCUT2D eigenvalue weighted by Gasteiger charge is 2.45. The molecule has 19 heavy (non-hydrogen) atoms. The number of nitrogens with zero attached hydrogens (tertiary/aromatic N) is 1. The molecule has 2 amide bonds. The molecule has 2 N–H and O–H groups in total. The molecule has 1 rings (SSSR count). The number of hydrogen-bond donors (Lipinski definition) is 2. The Morgan fingerprint density at radius 1 is 1.47 bits per heavy atom. The Morgan fingerprint density at radius 3 is 2.68 bits per heavy atom. The number of methoxy groups -OCH3 is 2. The molecule has 0 aromatic heterocycles. The van der Waals surface area contributed by atoms with Gasteiger partial charge in [-0.05, 0) is 19.8 Å². The molecule has 1 aliphatic heterocycles. The number of hydrogen-bond acceptors (Lipinski definition) is 4. The van der Waals surface area contributed by atoms with E-state index in [1.807, 2.05) is 0 Å². The van der Waals surface area contributed by atoms with E-state index < -0.39 is 11.5 Å². The predicted octanol–water partition coefficient (Wildman–Crippen LogP) is 0.297. The van der Waals surface area contributed by atoms with E-state index in [1.165, 1.54) is 12.0 Å². The molecule has 1 aliphatic rings. The smallest absolute Gasteiger partial charge is 0.329 e. The molecule has 0 radical (unpaired) electrons. The van der Waals surface area contributed by atoms with Crippen LogP contribution < -0.4 is 5.32 Å². The predicted molar refractivity (Wildman–Crippen MR) is 68.1 cm³/mol. The maximum atomic E-state index is 12.0. The van der Waals surface area contributed by atoms with Crippen molar-refractivity contribution >= 4 is 12.0 Å². The van der Waals surface area contributed by atoms with Gasteiger partial charge in [-0.3, -0.25) is 0 Å². The Kier molecular flexibility index (Phi) is 5.56. The summed E-state index contributed by atoms with van der Waals surface area (Å²) in [6, 6.07) is -0.374. The van der Waals surface area contributed by atoms with Gasteiger partial charge in [0, 0.05) is 27.3 Å². The number of carboxylic acids is 1. The summed E-state index contributed by atoms with van der Waals surface area (Å²) in [5.74, 6) is -0.972. The van der Waals surface area contributed by atoms with Crippen LogP contribution in [0.2, 0.25) is 0 Å². The first-order valence-electron chi connectivity index (χ1n) is 6.26. The third kappa shape index (κ3) is 3.57. The zero-order valence-corrected chi connectivity index (χ0v) is 11.6. The average molecular weight is 274 g/mol. The van der Waals surface area contributed by atoms with Gasteiger partial charge in [0.2, 0.25) is 0 Å². The van der Waals surface area contributed by atoms with Crippen molar-refractivity contribution in [3.8, 4) is 0 Å². The number of nitrogens with one attached hydrogen (secondary N) is 1. The van der Waals surface area contributed by atoms with E-state index in [0.717, 1.165) is 0 Å². The molecule has 0 aromatic carbocycles. The molecular formula is C12H22N2O5. The van der Waals surface area contributed by atoms with Crippen molar-refractivity contribution in [2.45, 2.75) is 31.4 Å². The summed E-state index contributed by atoms with van der Waals surface area (Å²) in [5.41, 5.74) is -1.12. The van der Waals surface area contributed by atoms with Crippen molar-refractivity contribution in [1.82, 2.24) is 10.2 Å². The lowest BCUT2D eigenvalue weighted by Gasteiger charge is -2.31. The minimum atomic E-state index is -1.12. The fraction of sp³-hybridized carbons (Fsp3) is 0.833. The van der Waals surface area contributed by atoms with E-state index in [2.05, 4.69) is 5.32 Å². The van der Waals surface area contributed by atoms with E-state index in [4.69, 9.17) is 9.47 Å². The van der Waals surface area contributed by atoms with Gasteiger partial charge in [-0.2, -0.15) is 0 Å². The number of carbonyl (C=O) groups is 2. The highest BCUT2D eigenvalue weighted by Crippen LogP contribution is 2.29. The Labute approximate surface area is 112 Å². The molecule has 110 valence electrons. The molecule has 0 saturated carbocycles. The van der Waals surface area contributed by atoms with Crippen molar-refractivity contribution in [3.63, 3.8) is 0 Å². The molecule has 2 unspecified atom stereocenters. The Balaban J connectivity index is 2.55. The van der Waals surface area contributed by atoms with Crippen LogP contribution in [0.5, 0.6) is 0 Å². The molecule has 1 saturated heterocycles. The lowest BCUT2D eigenvalue weighted by Crippen LogP contribution is -2.55. The Hall–Kier alpha value is -1.34. The van der Waals surface area contributed by atoms with Crippen LogP contribution in [0.25, 0.3) is 0 Å². The minimum absolute atomic E-state index is 0.243. The number of amides is 2. The topological polar surface area (TPSA) is 88.1 Å². The van der Waals surface area contributed by atoms with Crippen LogP contribution in [-0.2, 0) is 14.3 Å². The molecule has 1 fully saturated rings. The van der Waals surface area contributed by atoms with E-state index in [-0.39, 0.29) is 18.7 Å². The first-order chi connectivity index (χ1) is 8.95. The monoisotopic (exact) mass is 274 g/mol. The third-order valence-electron chi connectivity index (χ3n) is 3.51. The van der Waals surface area contributed by atoms with Crippen molar-refractivity contribution in [2.24, 2.45) is 0 Å². The van der Waals surface area contributed by atoms with Gasteiger partial charge >= 0.3 is 12.0 Å². The molecule has 0 spiro atoms. The number of likely N-dealkylation sites (tertiary alicyclic amines) is 1. The number of rotatable bonds is 6. The van der Waals surface area contributed by atoms with Gasteiger partial charge in [0.15, 0.2) is 0 Å². The van der Waals surface area contributed by atoms with E-state index in [9.17, 15) is 14.7 Å². The van der Waals surface area contributed by atoms with Gasteiger partial charge in [0.1, 0.15) is 5.54 Å². The molecule has 0 aliphatic carbocycles. The van der Waals surface area contributed by atoms with Crippen molar-refractivity contribution in [1.29, 1.82) is 0 Å². The second kappa shape index (κ2) is 6.72. The van der Waals surface area contributed by atoms with Crippen LogP contribution >= 0.6 is 0 Å². The largest absolute Gasteiger partial charge is 0.480 e. The van der Waals surface area contributed by atoms with Crippen LogP contribution in [-0.4, -0.2) is 67.6 Å². The van der Waals surface area contributed by atoms with Crippen molar-refractivity contribution in [2.75, 3.05) is 33.9 Å². The van der Waals surface area contributed by atoms with Gasteiger partial charge in [0.25, 0.3) is 0 Å². The number of urea groups is 1. The van der Waals surface area contributed by atoms with Gasteiger partial charge in [-0.25, -0.2) is 9.59 Å². The van der Waals surface area contributed by atoms with Crippen LogP contribution in [0.4, 0.5) is 4.79 Å². The first-order valence-corrected chi connectivity index (χ1v) is 6.26. The number of carbonyl (C=O) groups excluding carboxylic acids is 1. The van der Waals surface area contributed by atoms with Crippen molar-refractivity contribution < 1.29 is 24.2 Å². The molecule has 0 aromatic rings. The van der Waals surface area contributed by atoms with Crippen LogP contribution in [0.15, 0.2) is 0 Å². The fourth-order valence-electron chi connectivity index (χ4n) is 2.20. The van der Waals surface area contributed by atoms with Gasteiger partial charge in [-0.15, -0.1) is 0 Å². The number of ether oxygens (including phenoxy) is 2. The lowest BCUT2D eigenvalue weighted by molar-refractivity contribution is -0.147. The molecular weight excluding hydrogens is 252 g/mol. The average Bonchev–Trinajstić information content (AvgIpc) is 2.77. The van der Waals surface area contributed by atoms with E-state index in [0.29, 0.717) is 26.0 Å². The fourth-order valence-corrected chi connectivity index (χ4v) is 2.20. The van der Waals surface area contributed by atoms with Crippen LogP contribution in [0.3, 0.4) is 0 Å². The highest BCUT2D eigenvalue weighted by molar-refractivity contribution is 5.86. The standard InChI is InChI=1S/C12H22N2O5/c1-12(10(15)16)5-4-6-14(12)11(17)13-7-9(19-3)8-18-2/h9H,4-8H2,1-3H3,(H,13,17)(H,15,16). The van der Waals surface area contributed by atoms with E-state index >= 15 is 0 Å². The zero-order valence-electron chi connectivity index (χ0n) is 11.6. The quantitative estimate of drug-likeness (QED) is 0.727. The molecule has 7 nitrogen and oxygen atoms in total. The van der Waals surface area contributed by atoms with Gasteiger partial charge in [0.05, 0.1) is 12.7 Å². The second-order valence-corrected chi connectivity index (χ2v) is 4.83. The zero-order chi connectivity index (χ0) is 14.5.